The van der Waals surface area contributed by atoms with Crippen molar-refractivity contribution in [3.05, 3.63) is 83.9 Å². The van der Waals surface area contributed by atoms with E-state index in [0.29, 0.717) is 0 Å². The van der Waals surface area contributed by atoms with Crippen molar-refractivity contribution in [3.63, 3.8) is 0 Å². The number of rotatable bonds is 16. The van der Waals surface area contributed by atoms with Crippen LogP contribution in [0.25, 0.3) is 44.3 Å². The summed E-state index contributed by atoms with van der Waals surface area (Å²) in [6.45, 7) is 7.86. The van der Waals surface area contributed by atoms with Gasteiger partial charge in [0.25, 0.3) is 0 Å². The lowest BCUT2D eigenvalue weighted by Gasteiger charge is -2.11. The first-order valence-electron chi connectivity index (χ1n) is 17.8. The van der Waals surface area contributed by atoms with Gasteiger partial charge in [0.05, 0.1) is 22.4 Å². The molecule has 4 heteroatoms. The molecule has 0 spiro atoms. The minimum absolute atomic E-state index is 0.0177. The Morgan fingerprint density at radius 3 is 1.20 bits per heavy atom. The van der Waals surface area contributed by atoms with E-state index in [9.17, 15) is 9.59 Å². The highest BCUT2D eigenvalue weighted by Crippen LogP contribution is 2.42. The van der Waals surface area contributed by atoms with Gasteiger partial charge in [-0.1, -0.05) is 139 Å². The lowest BCUT2D eigenvalue weighted by Crippen LogP contribution is -2.08. The molecule has 0 amide bonds. The first kappa shape index (κ1) is 33.4. The average Bonchev–Trinajstić information content (AvgIpc) is 3.56. The largest absolute Gasteiger partial charge is 0.280 e. The number of hydrogen-bond donors (Lipinski definition) is 0. The maximum atomic E-state index is 13.5. The summed E-state index contributed by atoms with van der Waals surface area (Å²) in [5, 5.41) is 2.17. The quantitative estimate of drug-likeness (QED) is 0.104. The zero-order chi connectivity index (χ0) is 32.5. The van der Waals surface area contributed by atoms with E-state index in [2.05, 4.69) is 74.5 Å². The molecular weight excluding hydrogens is 564 g/mol. The molecule has 0 aliphatic carbocycles. The van der Waals surface area contributed by atoms with Crippen LogP contribution in [0.3, 0.4) is 0 Å². The van der Waals surface area contributed by atoms with Crippen LogP contribution in [0, 0.1) is 0 Å². The molecular formula is C42H52N2O2. The second-order valence-corrected chi connectivity index (χ2v) is 13.0. The first-order chi connectivity index (χ1) is 22.5. The minimum atomic E-state index is 0.0177. The van der Waals surface area contributed by atoms with Crippen molar-refractivity contribution < 1.29 is 9.59 Å². The number of nitrogens with zero attached hydrogens (tertiary/aromatic N) is 2. The number of aromatic nitrogens is 2. The van der Waals surface area contributed by atoms with Crippen molar-refractivity contribution in [1.29, 1.82) is 0 Å². The predicted molar refractivity (Wildman–Crippen MR) is 195 cm³/mol. The molecule has 2 heterocycles. The molecule has 0 saturated carbocycles. The van der Waals surface area contributed by atoms with Gasteiger partial charge in [0.2, 0.25) is 11.8 Å². The number of hydrogen-bond acceptors (Lipinski definition) is 2. The van der Waals surface area contributed by atoms with Gasteiger partial charge in [0.15, 0.2) is 0 Å². The number of carbonyl (C=O) groups excluding carboxylic acids is 2. The van der Waals surface area contributed by atoms with E-state index in [1.807, 2.05) is 21.3 Å². The molecule has 0 N–H and O–H groups in total. The molecule has 5 rings (SSSR count). The van der Waals surface area contributed by atoms with Crippen molar-refractivity contribution in [2.75, 3.05) is 0 Å². The highest BCUT2D eigenvalue weighted by molar-refractivity contribution is 6.10. The van der Waals surface area contributed by atoms with Gasteiger partial charge in [0, 0.05) is 24.6 Å². The number of carbonyl (C=O) groups is 2. The van der Waals surface area contributed by atoms with Crippen LogP contribution >= 0.6 is 0 Å². The van der Waals surface area contributed by atoms with Crippen LogP contribution < -0.4 is 0 Å². The molecule has 2 aromatic heterocycles. The summed E-state index contributed by atoms with van der Waals surface area (Å²) in [6, 6.07) is 25.2. The van der Waals surface area contributed by atoms with Gasteiger partial charge in [0.1, 0.15) is 0 Å². The lowest BCUT2D eigenvalue weighted by molar-refractivity contribution is 0.0934. The van der Waals surface area contributed by atoms with Gasteiger partial charge < -0.3 is 0 Å². The third kappa shape index (κ3) is 7.22. The lowest BCUT2D eigenvalue weighted by atomic mass is 9.97. The van der Waals surface area contributed by atoms with Gasteiger partial charge in [-0.15, -0.1) is 0 Å². The molecule has 0 bridgehead atoms. The third-order valence-electron chi connectivity index (χ3n) is 9.55. The van der Waals surface area contributed by atoms with Gasteiger partial charge in [-0.2, -0.15) is 0 Å². The van der Waals surface area contributed by atoms with Crippen LogP contribution in [0.15, 0.2) is 72.8 Å². The Kier molecular flexibility index (Phi) is 11.7. The SMILES string of the molecule is CCCCCCCCc1c(-c2ccccc2)n(C(C)=O)c2cc3c(CCCCCCCC)c(-c4ccccc4)n(C(C)=O)c3cc12. The number of aryl methyl sites for hydroxylation is 2. The maximum Gasteiger partial charge on any atom is 0.228 e. The van der Waals surface area contributed by atoms with Crippen LogP contribution in [0.5, 0.6) is 0 Å². The molecule has 3 aromatic carbocycles. The Balaban J connectivity index is 1.73. The van der Waals surface area contributed by atoms with Gasteiger partial charge in [-0.3, -0.25) is 18.7 Å². The fraction of sp³-hybridized carbons (Fsp3) is 0.429. The summed E-state index contributed by atoms with van der Waals surface area (Å²) in [7, 11) is 0. The van der Waals surface area contributed by atoms with E-state index >= 15 is 0 Å². The summed E-state index contributed by atoms with van der Waals surface area (Å²) in [6.07, 6.45) is 16.3. The third-order valence-corrected chi connectivity index (χ3v) is 9.55. The summed E-state index contributed by atoms with van der Waals surface area (Å²) >= 11 is 0. The molecule has 242 valence electrons. The summed E-state index contributed by atoms with van der Waals surface area (Å²) in [5.74, 6) is 0.0355. The Hall–Kier alpha value is -3.92. The molecule has 0 saturated heterocycles. The van der Waals surface area contributed by atoms with Crippen molar-refractivity contribution in [1.82, 2.24) is 9.13 Å². The van der Waals surface area contributed by atoms with Crippen molar-refractivity contribution in [3.8, 4) is 22.5 Å². The Bertz CT molecular complexity index is 1630. The van der Waals surface area contributed by atoms with E-state index in [4.69, 9.17) is 0 Å². The molecule has 0 aliphatic rings. The molecule has 0 atom stereocenters. The van der Waals surface area contributed by atoms with Crippen molar-refractivity contribution in [2.24, 2.45) is 0 Å². The molecule has 46 heavy (non-hydrogen) atoms. The fourth-order valence-corrected chi connectivity index (χ4v) is 7.32. The van der Waals surface area contributed by atoms with E-state index < -0.39 is 0 Å². The van der Waals surface area contributed by atoms with Crippen LogP contribution in [0.1, 0.15) is 125 Å². The van der Waals surface area contributed by atoms with Crippen molar-refractivity contribution >= 4 is 33.6 Å². The highest BCUT2D eigenvalue weighted by atomic mass is 16.2. The zero-order valence-electron chi connectivity index (χ0n) is 28.5. The minimum Gasteiger partial charge on any atom is -0.280 e. The standard InChI is InChI=1S/C42H52N2O2/c1-5-7-9-11-13-21-27-35-37-29-40-38(30-39(37)43(31(3)45)41(35)33-23-17-15-18-24-33)36(28-22-14-12-10-8-6-2)42(44(40)32(4)46)34-25-19-16-20-26-34/h15-20,23-26,29-30H,5-14,21-22,27-28H2,1-4H3. The topological polar surface area (TPSA) is 44.0 Å². The van der Waals surface area contributed by atoms with Gasteiger partial charge >= 0.3 is 0 Å². The average molecular weight is 617 g/mol. The Morgan fingerprint density at radius 1 is 0.500 bits per heavy atom. The summed E-state index contributed by atoms with van der Waals surface area (Å²) in [4.78, 5) is 27.1. The second-order valence-electron chi connectivity index (χ2n) is 13.0. The molecule has 0 fully saturated rings. The fourth-order valence-electron chi connectivity index (χ4n) is 7.32. The summed E-state index contributed by atoms with van der Waals surface area (Å²) in [5.41, 5.74) is 8.44. The Morgan fingerprint density at radius 2 is 0.848 bits per heavy atom. The first-order valence-corrected chi connectivity index (χ1v) is 17.8. The number of unbranched alkanes of at least 4 members (excludes halogenated alkanes) is 10. The van der Waals surface area contributed by atoms with Crippen LogP contribution in [0.2, 0.25) is 0 Å². The molecule has 5 aromatic rings. The van der Waals surface area contributed by atoms with Gasteiger partial charge in [-0.25, -0.2) is 0 Å². The van der Waals surface area contributed by atoms with Crippen LogP contribution in [0.4, 0.5) is 0 Å². The smallest absolute Gasteiger partial charge is 0.228 e. The number of benzene rings is 3. The molecule has 0 radical (unpaired) electrons. The molecule has 0 unspecified atom stereocenters. The summed E-state index contributed by atoms with van der Waals surface area (Å²) < 4.78 is 3.89. The highest BCUT2D eigenvalue weighted by Gasteiger charge is 2.26. The van der Waals surface area contributed by atoms with E-state index in [0.717, 1.165) is 70.0 Å². The van der Waals surface area contributed by atoms with Gasteiger partial charge in [-0.05, 0) is 60.1 Å². The second kappa shape index (κ2) is 16.1. The monoisotopic (exact) mass is 616 g/mol. The maximum absolute atomic E-state index is 13.5. The predicted octanol–water partition coefficient (Wildman–Crippen LogP) is 12.1. The zero-order valence-corrected chi connectivity index (χ0v) is 28.5. The molecule has 0 aliphatic heterocycles. The van der Waals surface area contributed by atoms with E-state index in [-0.39, 0.29) is 11.8 Å². The van der Waals surface area contributed by atoms with Crippen LogP contribution in [-0.4, -0.2) is 20.9 Å². The number of fused-ring (bicyclic) bond motifs is 2. The van der Waals surface area contributed by atoms with E-state index in [1.54, 1.807) is 13.8 Å². The molecule has 4 nitrogen and oxygen atoms in total. The van der Waals surface area contributed by atoms with Crippen LogP contribution in [-0.2, 0) is 12.8 Å². The normalized spacial score (nSPS) is 11.6. The Labute approximate surface area is 275 Å². The van der Waals surface area contributed by atoms with Crippen molar-refractivity contribution in [2.45, 2.75) is 118 Å². The van der Waals surface area contributed by atoms with E-state index in [1.165, 1.54) is 75.3 Å².